The Morgan fingerprint density at radius 3 is 2.79 bits per heavy atom. The van der Waals surface area contributed by atoms with Crippen molar-refractivity contribution >= 4 is 11.8 Å². The van der Waals surface area contributed by atoms with Gasteiger partial charge in [-0.2, -0.15) is 0 Å². The van der Waals surface area contributed by atoms with Gasteiger partial charge in [0.2, 0.25) is 0 Å². The molecule has 0 saturated carbocycles. The minimum atomic E-state index is 0.562. The number of rotatable bonds is 6. The van der Waals surface area contributed by atoms with Crippen molar-refractivity contribution in [1.82, 2.24) is 5.32 Å². The second kappa shape index (κ2) is 7.35. The molecule has 1 aliphatic rings. The summed E-state index contributed by atoms with van der Waals surface area (Å²) >= 11 is 2.01. The lowest BCUT2D eigenvalue weighted by Crippen LogP contribution is -2.35. The van der Waals surface area contributed by atoms with E-state index in [0.717, 1.165) is 5.92 Å². The summed E-state index contributed by atoms with van der Waals surface area (Å²) < 4.78 is 0. The van der Waals surface area contributed by atoms with E-state index >= 15 is 0 Å². The SMILES string of the molecule is CCC(C)CC(CC)NC1CCSc2ccccc21. The Morgan fingerprint density at radius 1 is 1.26 bits per heavy atom. The van der Waals surface area contributed by atoms with Gasteiger partial charge in [-0.05, 0) is 42.6 Å². The molecular weight excluding hydrogens is 250 g/mol. The molecule has 2 rings (SSSR count). The minimum Gasteiger partial charge on any atom is -0.307 e. The van der Waals surface area contributed by atoms with E-state index in [0.29, 0.717) is 12.1 Å². The lowest BCUT2D eigenvalue weighted by Gasteiger charge is -2.31. The maximum atomic E-state index is 3.91. The van der Waals surface area contributed by atoms with Crippen molar-refractivity contribution in [3.63, 3.8) is 0 Å². The summed E-state index contributed by atoms with van der Waals surface area (Å²) in [5.41, 5.74) is 1.52. The molecule has 19 heavy (non-hydrogen) atoms. The second-order valence-corrected chi connectivity index (χ2v) is 6.89. The van der Waals surface area contributed by atoms with E-state index in [1.165, 1.54) is 41.9 Å². The van der Waals surface area contributed by atoms with Crippen molar-refractivity contribution in [1.29, 1.82) is 0 Å². The first-order valence-electron chi connectivity index (χ1n) is 7.72. The van der Waals surface area contributed by atoms with Crippen LogP contribution < -0.4 is 5.32 Å². The zero-order chi connectivity index (χ0) is 13.7. The van der Waals surface area contributed by atoms with Gasteiger partial charge in [-0.1, -0.05) is 45.4 Å². The van der Waals surface area contributed by atoms with Crippen LogP contribution in [0.4, 0.5) is 0 Å². The van der Waals surface area contributed by atoms with Crippen molar-refractivity contribution in [3.05, 3.63) is 29.8 Å². The van der Waals surface area contributed by atoms with Crippen molar-refractivity contribution in [2.24, 2.45) is 5.92 Å². The topological polar surface area (TPSA) is 12.0 Å². The monoisotopic (exact) mass is 277 g/mol. The number of hydrogen-bond donors (Lipinski definition) is 1. The molecule has 1 nitrogen and oxygen atoms in total. The highest BCUT2D eigenvalue weighted by Gasteiger charge is 2.22. The van der Waals surface area contributed by atoms with Gasteiger partial charge in [0.05, 0.1) is 0 Å². The van der Waals surface area contributed by atoms with Gasteiger partial charge in [-0.15, -0.1) is 11.8 Å². The fraction of sp³-hybridized carbons (Fsp3) is 0.647. The second-order valence-electron chi connectivity index (χ2n) is 5.75. The number of nitrogens with one attached hydrogen (secondary N) is 1. The number of fused-ring (bicyclic) bond motifs is 1. The molecule has 106 valence electrons. The van der Waals surface area contributed by atoms with Crippen molar-refractivity contribution in [2.75, 3.05) is 5.75 Å². The Morgan fingerprint density at radius 2 is 2.05 bits per heavy atom. The molecule has 1 aromatic rings. The molecule has 0 fully saturated rings. The molecule has 0 saturated heterocycles. The zero-order valence-electron chi connectivity index (χ0n) is 12.5. The third-order valence-corrected chi connectivity index (χ3v) is 5.39. The van der Waals surface area contributed by atoms with E-state index < -0.39 is 0 Å². The molecule has 1 aromatic carbocycles. The normalized spacial score (nSPS) is 21.7. The van der Waals surface area contributed by atoms with Gasteiger partial charge < -0.3 is 5.32 Å². The van der Waals surface area contributed by atoms with Gasteiger partial charge >= 0.3 is 0 Å². The Hall–Kier alpha value is -0.470. The first-order valence-corrected chi connectivity index (χ1v) is 8.70. The first kappa shape index (κ1) is 14.9. The quantitative estimate of drug-likeness (QED) is 0.783. The Bertz CT molecular complexity index is 391. The highest BCUT2D eigenvalue weighted by Crippen LogP contribution is 2.36. The van der Waals surface area contributed by atoms with Gasteiger partial charge in [0, 0.05) is 17.0 Å². The lowest BCUT2D eigenvalue weighted by atomic mass is 9.95. The van der Waals surface area contributed by atoms with Crippen LogP contribution in [0, 0.1) is 5.92 Å². The summed E-state index contributed by atoms with van der Waals surface area (Å²) in [4.78, 5) is 1.48. The third-order valence-electron chi connectivity index (χ3n) is 4.27. The smallest absolute Gasteiger partial charge is 0.0341 e. The highest BCUT2D eigenvalue weighted by molar-refractivity contribution is 7.99. The summed E-state index contributed by atoms with van der Waals surface area (Å²) in [5, 5.41) is 3.91. The molecule has 1 heterocycles. The van der Waals surface area contributed by atoms with Gasteiger partial charge in [-0.3, -0.25) is 0 Å². The summed E-state index contributed by atoms with van der Waals surface area (Å²) in [7, 11) is 0. The summed E-state index contributed by atoms with van der Waals surface area (Å²) in [6.45, 7) is 6.97. The van der Waals surface area contributed by atoms with Crippen molar-refractivity contribution in [3.8, 4) is 0 Å². The van der Waals surface area contributed by atoms with E-state index in [9.17, 15) is 0 Å². The predicted molar refractivity (Wildman–Crippen MR) is 85.8 cm³/mol. The molecule has 0 spiro atoms. The molecule has 0 aliphatic carbocycles. The fourth-order valence-electron chi connectivity index (χ4n) is 2.80. The van der Waals surface area contributed by atoms with E-state index in [1.54, 1.807) is 0 Å². The fourth-order valence-corrected chi connectivity index (χ4v) is 3.93. The summed E-state index contributed by atoms with van der Waals surface area (Å²) in [6.07, 6.45) is 5.09. The summed E-state index contributed by atoms with van der Waals surface area (Å²) in [5.74, 6) is 2.07. The highest BCUT2D eigenvalue weighted by atomic mass is 32.2. The maximum Gasteiger partial charge on any atom is 0.0341 e. The van der Waals surface area contributed by atoms with Gasteiger partial charge in [0.1, 0.15) is 0 Å². The maximum absolute atomic E-state index is 3.91. The largest absolute Gasteiger partial charge is 0.307 e. The zero-order valence-corrected chi connectivity index (χ0v) is 13.3. The summed E-state index contributed by atoms with van der Waals surface area (Å²) in [6, 6.07) is 10.1. The van der Waals surface area contributed by atoms with E-state index in [4.69, 9.17) is 0 Å². The van der Waals surface area contributed by atoms with Crippen LogP contribution in [0.3, 0.4) is 0 Å². The van der Waals surface area contributed by atoms with Crippen molar-refractivity contribution < 1.29 is 0 Å². The van der Waals surface area contributed by atoms with Gasteiger partial charge in [0.15, 0.2) is 0 Å². The molecule has 0 radical (unpaired) electrons. The van der Waals surface area contributed by atoms with Crippen LogP contribution in [0.1, 0.15) is 58.1 Å². The molecule has 1 N–H and O–H groups in total. The lowest BCUT2D eigenvalue weighted by molar-refractivity contribution is 0.344. The average molecular weight is 277 g/mol. The molecule has 0 bridgehead atoms. The van der Waals surface area contributed by atoms with Crippen LogP contribution in [0.25, 0.3) is 0 Å². The van der Waals surface area contributed by atoms with Crippen LogP contribution in [0.5, 0.6) is 0 Å². The molecule has 3 unspecified atom stereocenters. The molecule has 0 amide bonds. The molecule has 1 aliphatic heterocycles. The van der Waals surface area contributed by atoms with Crippen LogP contribution in [-0.4, -0.2) is 11.8 Å². The predicted octanol–water partition coefficient (Wildman–Crippen LogP) is 5.03. The van der Waals surface area contributed by atoms with E-state index in [2.05, 4.69) is 50.4 Å². The molecule has 0 aromatic heterocycles. The van der Waals surface area contributed by atoms with Crippen LogP contribution in [0.15, 0.2) is 29.2 Å². The standard InChI is InChI=1S/C17H27NS/c1-4-13(3)12-14(5-2)18-16-10-11-19-17-9-7-6-8-15(16)17/h6-9,13-14,16,18H,4-5,10-12H2,1-3H3. The number of benzene rings is 1. The van der Waals surface area contributed by atoms with Gasteiger partial charge in [0.25, 0.3) is 0 Å². The Kier molecular flexibility index (Phi) is 5.77. The van der Waals surface area contributed by atoms with Crippen LogP contribution in [0.2, 0.25) is 0 Å². The average Bonchev–Trinajstić information content (AvgIpc) is 2.46. The molecule has 2 heteroatoms. The van der Waals surface area contributed by atoms with Crippen molar-refractivity contribution in [2.45, 2.75) is 63.4 Å². The Labute approximate surface area is 122 Å². The minimum absolute atomic E-state index is 0.562. The van der Waals surface area contributed by atoms with E-state index in [1.807, 2.05) is 11.8 Å². The van der Waals surface area contributed by atoms with Crippen LogP contribution in [-0.2, 0) is 0 Å². The van der Waals surface area contributed by atoms with E-state index in [-0.39, 0.29) is 0 Å². The Balaban J connectivity index is 2.02. The first-order chi connectivity index (χ1) is 9.24. The number of hydrogen-bond acceptors (Lipinski definition) is 2. The third kappa shape index (κ3) is 4.00. The van der Waals surface area contributed by atoms with Gasteiger partial charge in [-0.25, -0.2) is 0 Å². The molecule has 3 atom stereocenters. The van der Waals surface area contributed by atoms with Crippen LogP contribution >= 0.6 is 11.8 Å². The number of thioether (sulfide) groups is 1. The molecular formula is C17H27NS.